The van der Waals surface area contributed by atoms with Gasteiger partial charge in [0.25, 0.3) is 5.88 Å². The van der Waals surface area contributed by atoms with Crippen molar-refractivity contribution < 1.29 is 38.4 Å². The van der Waals surface area contributed by atoms with Crippen LogP contribution in [0.1, 0.15) is 29.5 Å². The zero-order valence-corrected chi connectivity index (χ0v) is 17.7. The van der Waals surface area contributed by atoms with Crippen molar-refractivity contribution in [2.24, 2.45) is 0 Å². The molecule has 0 saturated carbocycles. The number of aliphatic hydroxyl groups is 1. The molecule has 2 aliphatic rings. The van der Waals surface area contributed by atoms with E-state index in [2.05, 4.69) is 5.10 Å². The molecule has 0 radical (unpaired) electrons. The van der Waals surface area contributed by atoms with Crippen molar-refractivity contribution in [2.45, 2.75) is 31.3 Å². The van der Waals surface area contributed by atoms with E-state index in [0.717, 1.165) is 4.88 Å². The Hall–Kier alpha value is -2.80. The number of esters is 3. The van der Waals surface area contributed by atoms with Crippen LogP contribution < -0.4 is 9.47 Å². The molecule has 0 fully saturated rings. The number of carbonyl (C=O) groups excluding carboxylic acids is 3. The maximum Gasteiger partial charge on any atom is 0.345 e. The van der Waals surface area contributed by atoms with Crippen LogP contribution in [-0.4, -0.2) is 70.5 Å². The highest BCUT2D eigenvalue weighted by Crippen LogP contribution is 2.43. The lowest BCUT2D eigenvalue weighted by Crippen LogP contribution is -2.47. The Kier molecular flexibility index (Phi) is 5.79. The van der Waals surface area contributed by atoms with Crippen LogP contribution in [0.15, 0.2) is 17.5 Å². The highest BCUT2D eigenvalue weighted by Gasteiger charge is 2.48. The number of fused-ring (bicyclic) bond motifs is 3. The Morgan fingerprint density at radius 1 is 1.29 bits per heavy atom. The first-order valence-corrected chi connectivity index (χ1v) is 10.4. The molecule has 0 amide bonds. The molecule has 2 aromatic heterocycles. The number of aromatic nitrogens is 2. The standard InChI is InChI=1S/C19H21N3O8S/c1-21(2)5-6-27-15(11-4-3-7-31-11)14-16-17-20-22(14)10-28-12(23)8-19(26,18(25)30-16)9-13(24)29-17/h3-4,7,15,26H,5-6,8-10H2,1-2H3. The van der Waals surface area contributed by atoms with Gasteiger partial charge in [-0.3, -0.25) is 9.59 Å². The Bertz CT molecular complexity index is 1000. The fourth-order valence-electron chi connectivity index (χ4n) is 3.24. The van der Waals surface area contributed by atoms with Crippen LogP contribution in [0, 0.1) is 0 Å². The normalized spacial score (nSPS) is 22.0. The second-order valence-electron chi connectivity index (χ2n) is 7.48. The number of nitrogens with zero attached hydrogens (tertiary/aromatic N) is 3. The number of hydrogen-bond acceptors (Lipinski definition) is 11. The van der Waals surface area contributed by atoms with Crippen molar-refractivity contribution in [3.8, 4) is 11.6 Å². The zero-order valence-electron chi connectivity index (χ0n) is 16.9. The number of cyclic esters (lactones) is 1. The largest absolute Gasteiger partial charge is 0.442 e. The molecule has 166 valence electrons. The van der Waals surface area contributed by atoms with E-state index in [1.165, 1.54) is 16.0 Å². The van der Waals surface area contributed by atoms with Crippen LogP contribution >= 0.6 is 11.3 Å². The second kappa shape index (κ2) is 8.38. The van der Waals surface area contributed by atoms with Gasteiger partial charge in [-0.15, -0.1) is 16.4 Å². The minimum absolute atomic E-state index is 0.155. The summed E-state index contributed by atoms with van der Waals surface area (Å²) < 4.78 is 23.3. The number of hydrogen-bond donors (Lipinski definition) is 1. The predicted molar refractivity (Wildman–Crippen MR) is 104 cm³/mol. The van der Waals surface area contributed by atoms with E-state index >= 15 is 0 Å². The minimum Gasteiger partial charge on any atom is -0.442 e. The predicted octanol–water partition coefficient (Wildman–Crippen LogP) is 0.462. The third-order valence-electron chi connectivity index (χ3n) is 4.80. The molecule has 1 N–H and O–H groups in total. The van der Waals surface area contributed by atoms with Gasteiger partial charge in [0.15, 0.2) is 12.3 Å². The molecule has 11 nitrogen and oxygen atoms in total. The molecular weight excluding hydrogens is 430 g/mol. The molecule has 0 aliphatic carbocycles. The highest BCUT2D eigenvalue weighted by molar-refractivity contribution is 7.10. The zero-order chi connectivity index (χ0) is 22.2. The number of rotatable bonds is 6. The summed E-state index contributed by atoms with van der Waals surface area (Å²) in [6, 6.07) is 3.67. The van der Waals surface area contributed by atoms with Crippen molar-refractivity contribution in [3.63, 3.8) is 0 Å². The second-order valence-corrected chi connectivity index (χ2v) is 8.46. The van der Waals surface area contributed by atoms with E-state index in [1.807, 2.05) is 36.5 Å². The van der Waals surface area contributed by atoms with E-state index in [9.17, 15) is 19.5 Å². The lowest BCUT2D eigenvalue weighted by Gasteiger charge is -2.27. The average molecular weight is 451 g/mol. The summed E-state index contributed by atoms with van der Waals surface area (Å²) in [6.07, 6.45) is -2.27. The molecule has 2 unspecified atom stereocenters. The molecular formula is C19H21N3O8S. The molecule has 2 aliphatic heterocycles. The number of ether oxygens (including phenoxy) is 4. The van der Waals surface area contributed by atoms with Crippen molar-refractivity contribution in [1.29, 1.82) is 0 Å². The van der Waals surface area contributed by atoms with Crippen molar-refractivity contribution in [3.05, 3.63) is 28.1 Å². The molecule has 4 rings (SSSR count). The van der Waals surface area contributed by atoms with Crippen LogP contribution in [0.4, 0.5) is 0 Å². The molecule has 2 atom stereocenters. The van der Waals surface area contributed by atoms with Gasteiger partial charge in [-0.05, 0) is 25.5 Å². The van der Waals surface area contributed by atoms with E-state index in [0.29, 0.717) is 13.2 Å². The van der Waals surface area contributed by atoms with E-state index in [-0.39, 0.29) is 24.1 Å². The smallest absolute Gasteiger partial charge is 0.345 e. The van der Waals surface area contributed by atoms with Gasteiger partial charge in [0, 0.05) is 11.4 Å². The number of carbonyl (C=O) groups is 3. The summed E-state index contributed by atoms with van der Waals surface area (Å²) in [6.45, 7) is 0.597. The van der Waals surface area contributed by atoms with Crippen LogP contribution in [-0.2, 0) is 30.6 Å². The third-order valence-corrected chi connectivity index (χ3v) is 5.71. The summed E-state index contributed by atoms with van der Waals surface area (Å²) in [5, 5.41) is 16.7. The van der Waals surface area contributed by atoms with Gasteiger partial charge in [0.05, 0.1) is 19.4 Å². The SMILES string of the molecule is CN(C)CCOC(c1cccs1)c1c2c3nn1COC(=O)CC(O)(CC(=O)O3)C(=O)O2. The first-order valence-electron chi connectivity index (χ1n) is 9.48. The maximum atomic E-state index is 12.8. The Morgan fingerprint density at radius 3 is 2.77 bits per heavy atom. The fourth-order valence-corrected chi connectivity index (χ4v) is 4.02. The minimum atomic E-state index is -2.41. The van der Waals surface area contributed by atoms with Crippen molar-refractivity contribution in [2.75, 3.05) is 27.2 Å². The molecule has 12 heteroatoms. The first-order chi connectivity index (χ1) is 14.8. The number of thiophene rings is 1. The quantitative estimate of drug-likeness (QED) is 0.618. The fraction of sp³-hybridized carbons (Fsp3) is 0.474. The van der Waals surface area contributed by atoms with Crippen molar-refractivity contribution in [1.82, 2.24) is 14.7 Å². The average Bonchev–Trinajstić information content (AvgIpc) is 3.31. The summed E-state index contributed by atoms with van der Waals surface area (Å²) in [4.78, 5) is 40.0. The van der Waals surface area contributed by atoms with Crippen LogP contribution in [0.5, 0.6) is 11.6 Å². The van der Waals surface area contributed by atoms with Crippen molar-refractivity contribution >= 4 is 29.2 Å². The maximum absolute atomic E-state index is 12.8. The lowest BCUT2D eigenvalue weighted by atomic mass is 9.95. The molecule has 4 heterocycles. The van der Waals surface area contributed by atoms with Gasteiger partial charge < -0.3 is 29.0 Å². The number of likely N-dealkylation sites (N-methyl/N-ethyl adjacent to an activating group) is 1. The Labute approximate surface area is 181 Å². The molecule has 0 spiro atoms. The molecule has 0 aromatic carbocycles. The highest BCUT2D eigenvalue weighted by atomic mass is 32.1. The topological polar surface area (TPSA) is 129 Å². The summed E-state index contributed by atoms with van der Waals surface area (Å²) in [5.74, 6) is -3.39. The van der Waals surface area contributed by atoms with Crippen LogP contribution in [0.2, 0.25) is 0 Å². The summed E-state index contributed by atoms with van der Waals surface area (Å²) in [5.41, 5.74) is -2.18. The van der Waals surface area contributed by atoms with E-state index in [4.69, 9.17) is 18.9 Å². The van der Waals surface area contributed by atoms with Gasteiger partial charge in [0.1, 0.15) is 11.8 Å². The van der Waals surface area contributed by atoms with Gasteiger partial charge in [-0.25, -0.2) is 9.48 Å². The molecule has 31 heavy (non-hydrogen) atoms. The summed E-state index contributed by atoms with van der Waals surface area (Å²) in [7, 11) is 3.80. The molecule has 3 bridgehead atoms. The molecule has 0 saturated heterocycles. The Morgan fingerprint density at radius 2 is 2.06 bits per heavy atom. The summed E-state index contributed by atoms with van der Waals surface area (Å²) >= 11 is 1.41. The van der Waals surface area contributed by atoms with Gasteiger partial charge >= 0.3 is 17.9 Å². The third kappa shape index (κ3) is 4.32. The van der Waals surface area contributed by atoms with Crippen LogP contribution in [0.25, 0.3) is 0 Å². The van der Waals surface area contributed by atoms with Gasteiger partial charge in [0.2, 0.25) is 5.75 Å². The molecule has 2 aromatic rings. The van der Waals surface area contributed by atoms with E-state index < -0.39 is 42.5 Å². The monoisotopic (exact) mass is 451 g/mol. The Balaban J connectivity index is 1.84. The van der Waals surface area contributed by atoms with E-state index in [1.54, 1.807) is 0 Å². The first kappa shape index (κ1) is 21.4. The van der Waals surface area contributed by atoms with Gasteiger partial charge in [-0.1, -0.05) is 6.07 Å². The van der Waals surface area contributed by atoms with Crippen LogP contribution in [0.3, 0.4) is 0 Å². The lowest BCUT2D eigenvalue weighted by molar-refractivity contribution is -0.172. The van der Waals surface area contributed by atoms with Gasteiger partial charge in [-0.2, -0.15) is 0 Å².